The molecule has 0 aromatic carbocycles. The molecule has 0 radical (unpaired) electrons. The highest BCUT2D eigenvalue weighted by atomic mass is 127. The lowest BCUT2D eigenvalue weighted by molar-refractivity contribution is 0.0200. The Morgan fingerprint density at radius 3 is 2.83 bits per heavy atom. The van der Waals surface area contributed by atoms with Crippen LogP contribution in [0.2, 0.25) is 0 Å². The summed E-state index contributed by atoms with van der Waals surface area (Å²) in [5, 5.41) is 6.91. The Hall–Kier alpha value is -0.0800. The third-order valence-corrected chi connectivity index (χ3v) is 4.45. The third kappa shape index (κ3) is 8.54. The van der Waals surface area contributed by atoms with Crippen LogP contribution in [0.1, 0.15) is 52.4 Å². The van der Waals surface area contributed by atoms with Gasteiger partial charge in [0.05, 0.1) is 25.9 Å². The Morgan fingerprint density at radius 1 is 1.26 bits per heavy atom. The molecule has 1 aliphatic heterocycles. The van der Waals surface area contributed by atoms with Crippen LogP contribution >= 0.6 is 24.0 Å². The molecule has 3 atom stereocenters. The first-order valence-corrected chi connectivity index (χ1v) is 9.02. The molecule has 2 fully saturated rings. The van der Waals surface area contributed by atoms with Gasteiger partial charge >= 0.3 is 0 Å². The number of halogens is 1. The summed E-state index contributed by atoms with van der Waals surface area (Å²) in [6.45, 7) is 8.30. The fourth-order valence-corrected chi connectivity index (χ4v) is 3.29. The fourth-order valence-electron chi connectivity index (χ4n) is 3.29. The largest absolute Gasteiger partial charge is 0.377 e. The Bertz CT molecular complexity index is 336. The molecule has 23 heavy (non-hydrogen) atoms. The molecule has 2 rings (SSSR count). The molecule has 5 nitrogen and oxygen atoms in total. The lowest BCUT2D eigenvalue weighted by Crippen LogP contribution is -2.45. The smallest absolute Gasteiger partial charge is 0.191 e. The van der Waals surface area contributed by atoms with Crippen molar-refractivity contribution < 1.29 is 9.47 Å². The number of ether oxygens (including phenoxy) is 2. The van der Waals surface area contributed by atoms with Gasteiger partial charge in [0.2, 0.25) is 0 Å². The normalized spacial score (nSPS) is 28.3. The maximum atomic E-state index is 5.67. The van der Waals surface area contributed by atoms with Crippen molar-refractivity contribution in [1.82, 2.24) is 10.6 Å². The van der Waals surface area contributed by atoms with Crippen LogP contribution in [0.25, 0.3) is 0 Å². The maximum absolute atomic E-state index is 5.67. The highest BCUT2D eigenvalue weighted by Crippen LogP contribution is 2.23. The molecule has 2 aliphatic rings. The predicted molar refractivity (Wildman–Crippen MR) is 106 cm³/mol. The molecule has 1 saturated heterocycles. The maximum Gasteiger partial charge on any atom is 0.191 e. The summed E-state index contributed by atoms with van der Waals surface area (Å²) in [4.78, 5) is 4.63. The van der Waals surface area contributed by atoms with E-state index < -0.39 is 0 Å². The molecule has 0 aromatic heterocycles. The monoisotopic (exact) mass is 439 g/mol. The minimum Gasteiger partial charge on any atom is -0.377 e. The standard InChI is InChI=1S/C17H33N3O2.HI/c1-3-18-17(20-15-7-4-6-14(2)12-15)19-9-11-21-13-16-8-5-10-22-16;/h14-16H,3-13H2,1-2H3,(H2,18,19,20);1H. The highest BCUT2D eigenvalue weighted by Gasteiger charge is 2.19. The molecule has 136 valence electrons. The predicted octanol–water partition coefficient (Wildman–Crippen LogP) is 2.93. The second-order valence-electron chi connectivity index (χ2n) is 6.58. The molecule has 0 bridgehead atoms. The van der Waals surface area contributed by atoms with Crippen molar-refractivity contribution in [3.05, 3.63) is 0 Å². The zero-order valence-electron chi connectivity index (χ0n) is 14.7. The third-order valence-electron chi connectivity index (χ3n) is 4.45. The molecule has 0 amide bonds. The summed E-state index contributed by atoms with van der Waals surface area (Å²) in [5.74, 6) is 1.76. The van der Waals surface area contributed by atoms with Gasteiger partial charge in [0.1, 0.15) is 0 Å². The summed E-state index contributed by atoms with van der Waals surface area (Å²) in [7, 11) is 0. The van der Waals surface area contributed by atoms with E-state index in [1.165, 1.54) is 32.1 Å². The molecule has 1 heterocycles. The van der Waals surface area contributed by atoms with E-state index in [4.69, 9.17) is 9.47 Å². The summed E-state index contributed by atoms with van der Waals surface area (Å²) in [6, 6.07) is 0.564. The van der Waals surface area contributed by atoms with Gasteiger partial charge in [0.15, 0.2) is 5.96 Å². The van der Waals surface area contributed by atoms with Crippen LogP contribution in [0.3, 0.4) is 0 Å². The first-order valence-electron chi connectivity index (χ1n) is 9.02. The molecular weight excluding hydrogens is 405 g/mol. The van der Waals surface area contributed by atoms with Gasteiger partial charge in [-0.25, -0.2) is 0 Å². The first kappa shape index (κ1) is 21.0. The van der Waals surface area contributed by atoms with E-state index >= 15 is 0 Å². The molecule has 6 heteroatoms. The van der Waals surface area contributed by atoms with Gasteiger partial charge < -0.3 is 20.1 Å². The highest BCUT2D eigenvalue weighted by molar-refractivity contribution is 14.0. The SMILES string of the molecule is CCNC(=NCCOCC1CCCO1)NC1CCCC(C)C1.I. The Kier molecular flexibility index (Phi) is 11.2. The minimum absolute atomic E-state index is 0. The van der Waals surface area contributed by atoms with Gasteiger partial charge in [-0.2, -0.15) is 0 Å². The van der Waals surface area contributed by atoms with Crippen molar-refractivity contribution in [1.29, 1.82) is 0 Å². The number of hydrogen-bond acceptors (Lipinski definition) is 3. The van der Waals surface area contributed by atoms with Crippen molar-refractivity contribution in [2.45, 2.75) is 64.5 Å². The van der Waals surface area contributed by atoms with Crippen molar-refractivity contribution >= 4 is 29.9 Å². The van der Waals surface area contributed by atoms with E-state index in [-0.39, 0.29) is 24.0 Å². The van der Waals surface area contributed by atoms with Crippen LogP contribution in [0.15, 0.2) is 4.99 Å². The summed E-state index contributed by atoms with van der Waals surface area (Å²) >= 11 is 0. The van der Waals surface area contributed by atoms with E-state index in [0.717, 1.165) is 31.4 Å². The van der Waals surface area contributed by atoms with Crippen molar-refractivity contribution in [2.24, 2.45) is 10.9 Å². The van der Waals surface area contributed by atoms with Crippen LogP contribution in [0.5, 0.6) is 0 Å². The average Bonchev–Trinajstić information content (AvgIpc) is 3.00. The van der Waals surface area contributed by atoms with E-state index in [1.54, 1.807) is 0 Å². The molecule has 1 aliphatic carbocycles. The van der Waals surface area contributed by atoms with Crippen LogP contribution in [-0.2, 0) is 9.47 Å². The van der Waals surface area contributed by atoms with Gasteiger partial charge in [-0.15, -0.1) is 24.0 Å². The number of aliphatic imine (C=N–C) groups is 1. The average molecular weight is 439 g/mol. The number of hydrogen-bond donors (Lipinski definition) is 2. The number of rotatable bonds is 7. The number of nitrogens with one attached hydrogen (secondary N) is 2. The Labute approximate surface area is 158 Å². The molecule has 1 saturated carbocycles. The minimum atomic E-state index is 0. The lowest BCUT2D eigenvalue weighted by Gasteiger charge is -2.28. The number of nitrogens with zero attached hydrogens (tertiary/aromatic N) is 1. The quantitative estimate of drug-likeness (QED) is 0.277. The topological polar surface area (TPSA) is 54.9 Å². The summed E-state index contributed by atoms with van der Waals surface area (Å²) < 4.78 is 11.2. The Balaban J connectivity index is 0.00000264. The van der Waals surface area contributed by atoms with Gasteiger partial charge in [-0.05, 0) is 38.5 Å². The second-order valence-corrected chi connectivity index (χ2v) is 6.58. The van der Waals surface area contributed by atoms with Crippen LogP contribution < -0.4 is 10.6 Å². The van der Waals surface area contributed by atoms with E-state index in [1.807, 2.05) is 0 Å². The van der Waals surface area contributed by atoms with E-state index in [0.29, 0.717) is 31.9 Å². The van der Waals surface area contributed by atoms with Crippen molar-refractivity contribution in [2.75, 3.05) is 32.9 Å². The zero-order valence-corrected chi connectivity index (χ0v) is 17.0. The molecular formula is C17H34IN3O2. The molecule has 0 aromatic rings. The van der Waals surface area contributed by atoms with Gasteiger partial charge in [-0.3, -0.25) is 4.99 Å². The summed E-state index contributed by atoms with van der Waals surface area (Å²) in [6.07, 6.45) is 7.79. The lowest BCUT2D eigenvalue weighted by atomic mass is 9.87. The van der Waals surface area contributed by atoms with Gasteiger partial charge in [0, 0.05) is 19.2 Å². The van der Waals surface area contributed by atoms with Crippen LogP contribution in [-0.4, -0.2) is 51.0 Å². The Morgan fingerprint density at radius 2 is 2.13 bits per heavy atom. The summed E-state index contributed by atoms with van der Waals surface area (Å²) in [5.41, 5.74) is 0. The second kappa shape index (κ2) is 12.3. The van der Waals surface area contributed by atoms with E-state index in [9.17, 15) is 0 Å². The van der Waals surface area contributed by atoms with Crippen molar-refractivity contribution in [3.8, 4) is 0 Å². The molecule has 2 N–H and O–H groups in total. The zero-order chi connectivity index (χ0) is 15.6. The number of guanidine groups is 1. The first-order chi connectivity index (χ1) is 10.8. The van der Waals surface area contributed by atoms with Crippen LogP contribution in [0.4, 0.5) is 0 Å². The van der Waals surface area contributed by atoms with Gasteiger partial charge in [0.25, 0.3) is 0 Å². The molecule has 3 unspecified atom stereocenters. The fraction of sp³-hybridized carbons (Fsp3) is 0.941. The van der Waals surface area contributed by atoms with Crippen LogP contribution in [0, 0.1) is 5.92 Å². The van der Waals surface area contributed by atoms with Gasteiger partial charge in [-0.1, -0.05) is 19.8 Å². The van der Waals surface area contributed by atoms with Crippen molar-refractivity contribution in [3.63, 3.8) is 0 Å². The molecule has 0 spiro atoms. The van der Waals surface area contributed by atoms with E-state index in [2.05, 4.69) is 29.5 Å².